The fourth-order valence-electron chi connectivity index (χ4n) is 2.97. The maximum absolute atomic E-state index is 11.6. The zero-order valence-corrected chi connectivity index (χ0v) is 13.1. The number of hydrogen-bond acceptors (Lipinski definition) is 5. The first-order chi connectivity index (χ1) is 9.95. The highest BCUT2D eigenvalue weighted by atomic mass is 16.5. The van der Waals surface area contributed by atoms with Gasteiger partial charge in [0.15, 0.2) is 5.82 Å². The number of carboxylic acid groups (broad SMARTS) is 1. The third-order valence-electron chi connectivity index (χ3n) is 4.25. The lowest BCUT2D eigenvalue weighted by Gasteiger charge is -2.38. The third kappa shape index (κ3) is 3.81. The zero-order valence-electron chi connectivity index (χ0n) is 13.1. The molecule has 2 heterocycles. The lowest BCUT2D eigenvalue weighted by atomic mass is 9.77. The van der Waals surface area contributed by atoms with Gasteiger partial charge in [0.05, 0.1) is 12.0 Å². The van der Waals surface area contributed by atoms with E-state index in [0.29, 0.717) is 31.3 Å². The van der Waals surface area contributed by atoms with Crippen molar-refractivity contribution < 1.29 is 14.4 Å². The molecular formula is C15H25N3O3. The van der Waals surface area contributed by atoms with E-state index in [9.17, 15) is 9.90 Å². The largest absolute Gasteiger partial charge is 0.481 e. The number of aliphatic carboxylic acids is 1. The van der Waals surface area contributed by atoms with E-state index in [-0.39, 0.29) is 0 Å². The number of carboxylic acids is 1. The van der Waals surface area contributed by atoms with Crippen LogP contribution in [0.2, 0.25) is 0 Å². The van der Waals surface area contributed by atoms with Gasteiger partial charge >= 0.3 is 5.97 Å². The number of rotatable bonds is 6. The van der Waals surface area contributed by atoms with Crippen molar-refractivity contribution in [2.45, 2.75) is 53.0 Å². The zero-order chi connectivity index (χ0) is 15.5. The van der Waals surface area contributed by atoms with Crippen molar-refractivity contribution in [2.24, 2.45) is 11.3 Å². The van der Waals surface area contributed by atoms with Crippen LogP contribution in [0.15, 0.2) is 4.52 Å². The fraction of sp³-hybridized carbons (Fsp3) is 0.800. The van der Waals surface area contributed by atoms with E-state index in [1.807, 2.05) is 6.92 Å². The highest BCUT2D eigenvalue weighted by molar-refractivity contribution is 5.75. The molecule has 6 nitrogen and oxygen atoms in total. The Kier molecular flexibility index (Phi) is 4.98. The third-order valence-corrected chi connectivity index (χ3v) is 4.25. The predicted octanol–water partition coefficient (Wildman–Crippen LogP) is 2.34. The Morgan fingerprint density at radius 3 is 2.90 bits per heavy atom. The second-order valence-electron chi connectivity index (χ2n) is 6.46. The number of likely N-dealkylation sites (tertiary alicyclic amines) is 1. The van der Waals surface area contributed by atoms with E-state index in [1.54, 1.807) is 0 Å². The van der Waals surface area contributed by atoms with Crippen molar-refractivity contribution in [3.63, 3.8) is 0 Å². The first-order valence-corrected chi connectivity index (χ1v) is 7.72. The summed E-state index contributed by atoms with van der Waals surface area (Å²) in [6.07, 6.45) is 3.10. The van der Waals surface area contributed by atoms with Crippen LogP contribution in [0.4, 0.5) is 0 Å². The molecular weight excluding hydrogens is 270 g/mol. The summed E-state index contributed by atoms with van der Waals surface area (Å²) >= 11 is 0. The van der Waals surface area contributed by atoms with Crippen LogP contribution >= 0.6 is 0 Å². The lowest BCUT2D eigenvalue weighted by Crippen LogP contribution is -2.47. The number of hydrogen-bond donors (Lipinski definition) is 1. The van der Waals surface area contributed by atoms with Crippen molar-refractivity contribution in [1.29, 1.82) is 0 Å². The standard InChI is InChI=1S/C15H25N3O3/c1-4-15(14(19)20)6-5-7-18(10-15)9-13-16-12(17-21-13)8-11(2)3/h11H,4-10H2,1-3H3,(H,19,20). The number of nitrogens with zero attached hydrogens (tertiary/aromatic N) is 3. The maximum Gasteiger partial charge on any atom is 0.310 e. The number of aromatic nitrogens is 2. The molecule has 0 aliphatic carbocycles. The van der Waals surface area contributed by atoms with Gasteiger partial charge in [-0.05, 0) is 31.7 Å². The van der Waals surface area contributed by atoms with Gasteiger partial charge < -0.3 is 9.63 Å². The van der Waals surface area contributed by atoms with Crippen LogP contribution in [0, 0.1) is 11.3 Å². The van der Waals surface area contributed by atoms with Crippen molar-refractivity contribution in [3.05, 3.63) is 11.7 Å². The fourth-order valence-corrected chi connectivity index (χ4v) is 2.97. The minimum atomic E-state index is -0.694. The highest BCUT2D eigenvalue weighted by Gasteiger charge is 2.40. The Bertz CT molecular complexity index is 486. The second kappa shape index (κ2) is 6.56. The molecule has 1 aromatic heterocycles. The first kappa shape index (κ1) is 15.9. The van der Waals surface area contributed by atoms with Crippen LogP contribution in [-0.4, -0.2) is 39.2 Å². The second-order valence-corrected chi connectivity index (χ2v) is 6.46. The summed E-state index contributed by atoms with van der Waals surface area (Å²) in [5, 5.41) is 13.5. The summed E-state index contributed by atoms with van der Waals surface area (Å²) in [5.41, 5.74) is -0.626. The normalized spacial score (nSPS) is 23.6. The highest BCUT2D eigenvalue weighted by Crippen LogP contribution is 2.34. The number of carbonyl (C=O) groups is 1. The molecule has 1 fully saturated rings. The van der Waals surface area contributed by atoms with Crippen molar-refractivity contribution in [3.8, 4) is 0 Å². The molecule has 0 bridgehead atoms. The Morgan fingerprint density at radius 1 is 1.52 bits per heavy atom. The SMILES string of the molecule is CCC1(C(=O)O)CCCN(Cc2nc(CC(C)C)no2)C1. The molecule has 118 valence electrons. The predicted molar refractivity (Wildman–Crippen MR) is 77.7 cm³/mol. The summed E-state index contributed by atoms with van der Waals surface area (Å²) in [5.74, 6) is 1.12. The molecule has 1 N–H and O–H groups in total. The first-order valence-electron chi connectivity index (χ1n) is 7.72. The van der Waals surface area contributed by atoms with Crippen LogP contribution < -0.4 is 0 Å². The molecule has 0 spiro atoms. The molecule has 1 atom stereocenters. The molecule has 1 aromatic rings. The Hall–Kier alpha value is -1.43. The Labute approximate surface area is 125 Å². The van der Waals surface area contributed by atoms with Crippen molar-refractivity contribution >= 4 is 5.97 Å². The molecule has 2 rings (SSSR count). The average molecular weight is 295 g/mol. The van der Waals surface area contributed by atoms with E-state index in [0.717, 1.165) is 31.6 Å². The van der Waals surface area contributed by atoms with Crippen LogP contribution in [0.25, 0.3) is 0 Å². The van der Waals surface area contributed by atoms with Gasteiger partial charge in [-0.2, -0.15) is 4.98 Å². The van der Waals surface area contributed by atoms with E-state index in [2.05, 4.69) is 28.9 Å². The summed E-state index contributed by atoms with van der Waals surface area (Å²) in [4.78, 5) is 18.1. The molecule has 21 heavy (non-hydrogen) atoms. The summed E-state index contributed by atoms with van der Waals surface area (Å²) < 4.78 is 5.28. The van der Waals surface area contributed by atoms with Gasteiger partial charge in [-0.3, -0.25) is 9.69 Å². The lowest BCUT2D eigenvalue weighted by molar-refractivity contribution is -0.153. The minimum absolute atomic E-state index is 0.491. The van der Waals surface area contributed by atoms with Gasteiger partial charge in [0.2, 0.25) is 5.89 Å². The Balaban J connectivity index is 1.99. The van der Waals surface area contributed by atoms with Crippen LogP contribution in [0.5, 0.6) is 0 Å². The summed E-state index contributed by atoms with van der Waals surface area (Å²) in [7, 11) is 0. The molecule has 1 aliphatic heterocycles. The summed E-state index contributed by atoms with van der Waals surface area (Å²) in [6.45, 7) is 8.16. The molecule has 0 saturated carbocycles. The van der Waals surface area contributed by atoms with Gasteiger partial charge in [0.1, 0.15) is 0 Å². The Morgan fingerprint density at radius 2 is 2.29 bits per heavy atom. The van der Waals surface area contributed by atoms with E-state index in [4.69, 9.17) is 4.52 Å². The topological polar surface area (TPSA) is 79.5 Å². The van der Waals surface area contributed by atoms with Gasteiger partial charge in [0.25, 0.3) is 0 Å². The van der Waals surface area contributed by atoms with Gasteiger partial charge in [-0.15, -0.1) is 0 Å². The molecule has 6 heteroatoms. The molecule has 1 aliphatic rings. The van der Waals surface area contributed by atoms with Gasteiger partial charge in [-0.1, -0.05) is 25.9 Å². The smallest absolute Gasteiger partial charge is 0.310 e. The van der Waals surface area contributed by atoms with Crippen LogP contribution in [-0.2, 0) is 17.8 Å². The summed E-state index contributed by atoms with van der Waals surface area (Å²) in [6, 6.07) is 0. The van der Waals surface area contributed by atoms with Crippen molar-refractivity contribution in [2.75, 3.05) is 13.1 Å². The quantitative estimate of drug-likeness (QED) is 0.867. The van der Waals surface area contributed by atoms with Crippen molar-refractivity contribution in [1.82, 2.24) is 15.0 Å². The van der Waals surface area contributed by atoms with Crippen LogP contribution in [0.1, 0.15) is 51.7 Å². The van der Waals surface area contributed by atoms with Crippen LogP contribution in [0.3, 0.4) is 0 Å². The monoisotopic (exact) mass is 295 g/mol. The van der Waals surface area contributed by atoms with Gasteiger partial charge in [-0.25, -0.2) is 0 Å². The molecule has 0 aromatic carbocycles. The van der Waals surface area contributed by atoms with E-state index >= 15 is 0 Å². The molecule has 1 unspecified atom stereocenters. The van der Waals surface area contributed by atoms with E-state index < -0.39 is 11.4 Å². The minimum Gasteiger partial charge on any atom is -0.481 e. The number of piperidine rings is 1. The maximum atomic E-state index is 11.6. The molecule has 1 saturated heterocycles. The van der Waals surface area contributed by atoms with E-state index in [1.165, 1.54) is 0 Å². The molecule has 0 radical (unpaired) electrons. The molecule has 0 amide bonds. The van der Waals surface area contributed by atoms with Gasteiger partial charge in [0, 0.05) is 13.0 Å². The average Bonchev–Trinajstić information content (AvgIpc) is 2.85.